The summed E-state index contributed by atoms with van der Waals surface area (Å²) in [5, 5.41) is 0. The SMILES string of the molecule is CCc1nc2ccccc2n1-c1ccc2c(c1)C1(CCCCC1)c1cc(B3OC(C)(C)C(C)(C)O3)ccc1-2. The van der Waals surface area contributed by atoms with Gasteiger partial charge in [-0.05, 0) is 92.5 Å². The van der Waals surface area contributed by atoms with Gasteiger partial charge in [0.15, 0.2) is 0 Å². The topological polar surface area (TPSA) is 36.3 Å². The summed E-state index contributed by atoms with van der Waals surface area (Å²) in [7, 11) is -0.338. The van der Waals surface area contributed by atoms with Crippen molar-refractivity contribution in [2.45, 2.75) is 89.8 Å². The minimum atomic E-state index is -0.346. The van der Waals surface area contributed by atoms with Crippen LogP contribution in [0.2, 0.25) is 0 Å². The van der Waals surface area contributed by atoms with Crippen molar-refractivity contribution in [1.82, 2.24) is 9.55 Å². The molecule has 4 aromatic rings. The van der Waals surface area contributed by atoms with E-state index in [0.29, 0.717) is 0 Å². The number of fused-ring (bicyclic) bond motifs is 6. The summed E-state index contributed by atoms with van der Waals surface area (Å²) in [6.07, 6.45) is 7.11. The van der Waals surface area contributed by atoms with Crippen LogP contribution in [0.5, 0.6) is 0 Å². The van der Waals surface area contributed by atoms with Gasteiger partial charge in [0.1, 0.15) is 5.82 Å². The average molecular weight is 504 g/mol. The molecule has 38 heavy (non-hydrogen) atoms. The molecule has 1 saturated heterocycles. The predicted octanol–water partition coefficient (Wildman–Crippen LogP) is 7.12. The molecule has 1 spiro atoms. The minimum absolute atomic E-state index is 0.0430. The Morgan fingerprint density at radius 3 is 2.18 bits per heavy atom. The van der Waals surface area contributed by atoms with Crippen molar-refractivity contribution in [2.24, 2.45) is 0 Å². The Morgan fingerprint density at radius 1 is 0.816 bits per heavy atom. The van der Waals surface area contributed by atoms with Gasteiger partial charge in [-0.15, -0.1) is 0 Å². The summed E-state index contributed by atoms with van der Waals surface area (Å²) < 4.78 is 15.3. The molecule has 2 aliphatic carbocycles. The number of imidazole rings is 1. The van der Waals surface area contributed by atoms with E-state index in [9.17, 15) is 0 Å². The van der Waals surface area contributed by atoms with Crippen molar-refractivity contribution in [3.8, 4) is 16.8 Å². The zero-order valence-electron chi connectivity index (χ0n) is 23.3. The molecule has 7 rings (SSSR count). The highest BCUT2D eigenvalue weighted by Gasteiger charge is 2.52. The number of nitrogens with zero attached hydrogens (tertiary/aromatic N) is 2. The molecule has 2 heterocycles. The summed E-state index contributed by atoms with van der Waals surface area (Å²) in [6, 6.07) is 22.6. The molecule has 3 aliphatic rings. The zero-order chi connectivity index (χ0) is 26.3. The number of hydrogen-bond acceptors (Lipinski definition) is 3. The summed E-state index contributed by atoms with van der Waals surface area (Å²) in [5.41, 5.74) is 9.65. The molecule has 1 aromatic heterocycles. The lowest BCUT2D eigenvalue weighted by Gasteiger charge is -2.36. The molecule has 0 N–H and O–H groups in total. The first-order valence-corrected chi connectivity index (χ1v) is 14.4. The van der Waals surface area contributed by atoms with Gasteiger partial charge in [0, 0.05) is 17.5 Å². The van der Waals surface area contributed by atoms with Crippen LogP contribution in [0.3, 0.4) is 0 Å². The van der Waals surface area contributed by atoms with Crippen LogP contribution in [-0.4, -0.2) is 27.9 Å². The molecule has 0 bridgehead atoms. The highest BCUT2D eigenvalue weighted by atomic mass is 16.7. The fourth-order valence-electron chi connectivity index (χ4n) is 7.06. The highest BCUT2D eigenvalue weighted by molar-refractivity contribution is 6.62. The van der Waals surface area contributed by atoms with Crippen molar-refractivity contribution in [3.63, 3.8) is 0 Å². The van der Waals surface area contributed by atoms with Crippen molar-refractivity contribution >= 4 is 23.6 Å². The van der Waals surface area contributed by atoms with Gasteiger partial charge in [-0.2, -0.15) is 0 Å². The lowest BCUT2D eigenvalue weighted by Crippen LogP contribution is -2.41. The number of para-hydroxylation sites is 2. The van der Waals surface area contributed by atoms with Crippen molar-refractivity contribution in [3.05, 3.63) is 77.6 Å². The van der Waals surface area contributed by atoms with E-state index in [1.165, 1.54) is 65.6 Å². The Balaban J connectivity index is 1.37. The summed E-state index contributed by atoms with van der Waals surface area (Å²) in [4.78, 5) is 4.96. The first-order chi connectivity index (χ1) is 18.2. The Hall–Kier alpha value is -2.89. The summed E-state index contributed by atoms with van der Waals surface area (Å²) in [5.74, 6) is 1.11. The molecular weight excluding hydrogens is 467 g/mol. The molecule has 1 saturated carbocycles. The van der Waals surface area contributed by atoms with Crippen LogP contribution in [0, 0.1) is 0 Å². The Labute approximate surface area is 226 Å². The molecule has 4 nitrogen and oxygen atoms in total. The third kappa shape index (κ3) is 3.34. The van der Waals surface area contributed by atoms with E-state index in [-0.39, 0.29) is 23.7 Å². The number of benzene rings is 3. The van der Waals surface area contributed by atoms with Gasteiger partial charge in [0.2, 0.25) is 0 Å². The first-order valence-electron chi connectivity index (χ1n) is 14.4. The quantitative estimate of drug-likeness (QED) is 0.279. The predicted molar refractivity (Wildman–Crippen MR) is 155 cm³/mol. The van der Waals surface area contributed by atoms with Gasteiger partial charge in [0.05, 0.1) is 22.2 Å². The smallest absolute Gasteiger partial charge is 0.399 e. The third-order valence-corrected chi connectivity index (χ3v) is 9.81. The number of aromatic nitrogens is 2. The molecule has 2 fully saturated rings. The van der Waals surface area contributed by atoms with E-state index < -0.39 is 0 Å². The second-order valence-electron chi connectivity index (χ2n) is 12.5. The maximum absolute atomic E-state index is 6.46. The highest BCUT2D eigenvalue weighted by Crippen LogP contribution is 2.56. The molecule has 0 atom stereocenters. The van der Waals surface area contributed by atoms with Gasteiger partial charge in [-0.3, -0.25) is 4.57 Å². The standard InChI is InChI=1S/C33H37BN2O2/c1-6-30-35-28-12-8-9-13-29(28)36(30)23-15-17-25-24-16-14-22(34-37-31(2,3)32(4,5)38-34)20-26(24)33(27(25)21-23)18-10-7-11-19-33/h8-9,12-17,20-21H,6-7,10-11,18-19H2,1-5H3. The third-order valence-electron chi connectivity index (χ3n) is 9.81. The second-order valence-corrected chi connectivity index (χ2v) is 12.5. The van der Waals surface area contributed by atoms with Crippen molar-refractivity contribution in [2.75, 3.05) is 0 Å². The number of rotatable bonds is 3. The molecule has 5 heteroatoms. The summed E-state index contributed by atoms with van der Waals surface area (Å²) in [6.45, 7) is 10.7. The fourth-order valence-corrected chi connectivity index (χ4v) is 7.06. The van der Waals surface area contributed by atoms with E-state index in [1.54, 1.807) is 0 Å². The van der Waals surface area contributed by atoms with Crippen LogP contribution >= 0.6 is 0 Å². The van der Waals surface area contributed by atoms with E-state index in [2.05, 4.69) is 99.8 Å². The largest absolute Gasteiger partial charge is 0.494 e. The van der Waals surface area contributed by atoms with Gasteiger partial charge >= 0.3 is 7.12 Å². The monoisotopic (exact) mass is 504 g/mol. The molecule has 0 radical (unpaired) electrons. The number of aryl methyl sites for hydroxylation is 1. The molecule has 0 unspecified atom stereocenters. The average Bonchev–Trinajstić information content (AvgIpc) is 3.49. The van der Waals surface area contributed by atoms with E-state index >= 15 is 0 Å². The zero-order valence-corrected chi connectivity index (χ0v) is 23.3. The van der Waals surface area contributed by atoms with Gasteiger partial charge in [-0.25, -0.2) is 4.98 Å². The minimum Gasteiger partial charge on any atom is -0.399 e. The first kappa shape index (κ1) is 24.2. The molecule has 1 aliphatic heterocycles. The maximum atomic E-state index is 6.46. The van der Waals surface area contributed by atoms with Crippen LogP contribution in [0.25, 0.3) is 27.8 Å². The van der Waals surface area contributed by atoms with Gasteiger partial charge < -0.3 is 9.31 Å². The summed E-state index contributed by atoms with van der Waals surface area (Å²) >= 11 is 0. The molecule has 0 amide bonds. The molecule has 194 valence electrons. The van der Waals surface area contributed by atoms with Crippen LogP contribution in [0.1, 0.15) is 83.7 Å². The Kier molecular flexibility index (Phi) is 5.28. The van der Waals surface area contributed by atoms with Crippen LogP contribution in [-0.2, 0) is 21.1 Å². The van der Waals surface area contributed by atoms with Crippen LogP contribution in [0.15, 0.2) is 60.7 Å². The van der Waals surface area contributed by atoms with Gasteiger partial charge in [0.25, 0.3) is 0 Å². The lowest BCUT2D eigenvalue weighted by atomic mass is 9.66. The molecular formula is C33H37BN2O2. The Morgan fingerprint density at radius 2 is 1.47 bits per heavy atom. The van der Waals surface area contributed by atoms with Crippen LogP contribution in [0.4, 0.5) is 0 Å². The second kappa shape index (κ2) is 8.31. The van der Waals surface area contributed by atoms with E-state index in [0.717, 1.165) is 23.2 Å². The Bertz CT molecular complexity index is 1540. The van der Waals surface area contributed by atoms with Crippen molar-refractivity contribution < 1.29 is 9.31 Å². The van der Waals surface area contributed by atoms with Gasteiger partial charge in [-0.1, -0.05) is 62.6 Å². The fraction of sp³-hybridized carbons (Fsp3) is 0.424. The van der Waals surface area contributed by atoms with E-state index in [4.69, 9.17) is 14.3 Å². The van der Waals surface area contributed by atoms with Crippen LogP contribution < -0.4 is 5.46 Å². The van der Waals surface area contributed by atoms with E-state index in [1.807, 2.05) is 0 Å². The number of hydrogen-bond donors (Lipinski definition) is 0. The lowest BCUT2D eigenvalue weighted by molar-refractivity contribution is 0.00578. The maximum Gasteiger partial charge on any atom is 0.494 e. The molecule has 3 aromatic carbocycles. The normalized spacial score (nSPS) is 20.7. The van der Waals surface area contributed by atoms with Crippen molar-refractivity contribution in [1.29, 1.82) is 0 Å².